The molecular weight excluding hydrogens is 485 g/mol. The lowest BCUT2D eigenvalue weighted by atomic mass is 9.35. The average molecular weight is 517 g/mol. The van der Waals surface area contributed by atoms with E-state index >= 15 is 0 Å². The van der Waals surface area contributed by atoms with Gasteiger partial charge in [-0.2, -0.15) is 0 Å². The molecule has 2 N–H and O–H groups in total. The summed E-state index contributed by atoms with van der Waals surface area (Å²) in [5, 5.41) is 12.9. The van der Waals surface area contributed by atoms with Gasteiger partial charge in [0, 0.05) is 28.3 Å². The number of esters is 1. The van der Waals surface area contributed by atoms with E-state index in [1.54, 1.807) is 12.1 Å². The number of methoxy groups -OCH3 is 1. The van der Waals surface area contributed by atoms with Gasteiger partial charge in [0.05, 0.1) is 12.7 Å². The molecule has 0 radical (unpaired) electrons. The maximum Gasteiger partial charge on any atom is 0.338 e. The molecule has 0 atom stereocenters. The normalized spacial score (nSPS) is 14.4. The summed E-state index contributed by atoms with van der Waals surface area (Å²) >= 11 is 0. The minimum atomic E-state index is -0.466. The molecule has 1 aromatic heterocycles. The van der Waals surface area contributed by atoms with Crippen LogP contribution >= 0.6 is 0 Å². The summed E-state index contributed by atoms with van der Waals surface area (Å²) in [4.78, 5) is 26.4. The minimum absolute atomic E-state index is 0.0552. The van der Waals surface area contributed by atoms with Crippen LogP contribution in [0.3, 0.4) is 0 Å². The molecule has 4 aromatic rings. The Kier molecular flexibility index (Phi) is 8.12. The highest BCUT2D eigenvalue weighted by Gasteiger charge is 2.31. The van der Waals surface area contributed by atoms with Gasteiger partial charge in [0.15, 0.2) is 0 Å². The first-order valence-corrected chi connectivity index (χ1v) is 13.6. The van der Waals surface area contributed by atoms with Gasteiger partial charge >= 0.3 is 5.97 Å². The SMILES string of the molecule is COC(=O)c1cc(NC=O)cc2[nH]c(-c3cccc(CB(C#N)C4CCC4)c3)cc12.c1ccc(C2CC2)cc1. The molecule has 3 aromatic carbocycles. The molecule has 39 heavy (non-hydrogen) atoms. The monoisotopic (exact) mass is 517 g/mol. The topological polar surface area (TPSA) is 95.0 Å². The van der Waals surface area contributed by atoms with Crippen LogP contribution in [0.25, 0.3) is 22.2 Å². The second kappa shape index (κ2) is 12.0. The number of aromatic amines is 1. The van der Waals surface area contributed by atoms with Crippen molar-refractivity contribution in [2.24, 2.45) is 0 Å². The third-order valence-electron chi connectivity index (χ3n) is 7.80. The molecule has 2 fully saturated rings. The van der Waals surface area contributed by atoms with E-state index in [2.05, 4.69) is 58.7 Å². The Morgan fingerprint density at radius 2 is 1.87 bits per heavy atom. The molecular formula is C32H32BN3O3. The number of nitrogens with one attached hydrogen (secondary N) is 2. The zero-order chi connectivity index (χ0) is 27.2. The van der Waals surface area contributed by atoms with E-state index in [1.165, 1.54) is 31.9 Å². The second-order valence-corrected chi connectivity index (χ2v) is 10.4. The quantitative estimate of drug-likeness (QED) is 0.150. The lowest BCUT2D eigenvalue weighted by molar-refractivity contribution is -0.105. The summed E-state index contributed by atoms with van der Waals surface area (Å²) in [5.41, 5.74) is 6.11. The lowest BCUT2D eigenvalue weighted by Crippen LogP contribution is -2.27. The van der Waals surface area contributed by atoms with Crippen LogP contribution in [0, 0.1) is 11.2 Å². The number of H-pyrrole nitrogens is 1. The zero-order valence-electron chi connectivity index (χ0n) is 22.2. The summed E-state index contributed by atoms with van der Waals surface area (Å²) < 4.78 is 4.91. The van der Waals surface area contributed by atoms with Crippen LogP contribution in [-0.2, 0) is 15.9 Å². The Morgan fingerprint density at radius 1 is 1.08 bits per heavy atom. The van der Waals surface area contributed by atoms with Gasteiger partial charge < -0.3 is 15.0 Å². The van der Waals surface area contributed by atoms with Crippen LogP contribution in [0.5, 0.6) is 0 Å². The number of anilines is 1. The molecule has 6 rings (SSSR count). The van der Waals surface area contributed by atoms with Crippen LogP contribution in [0.1, 0.15) is 59.5 Å². The number of nitrogens with zero attached hydrogens (tertiary/aromatic N) is 1. The molecule has 0 aliphatic heterocycles. The number of rotatable bonds is 8. The average Bonchev–Trinajstić information content (AvgIpc) is 3.71. The van der Waals surface area contributed by atoms with Gasteiger partial charge in [-0.1, -0.05) is 79.4 Å². The molecule has 0 bridgehead atoms. The molecule has 0 saturated heterocycles. The number of hydrogen-bond donors (Lipinski definition) is 2. The van der Waals surface area contributed by atoms with Crippen molar-refractivity contribution in [3.63, 3.8) is 0 Å². The van der Waals surface area contributed by atoms with Crippen molar-refractivity contribution >= 4 is 35.7 Å². The minimum Gasteiger partial charge on any atom is -0.465 e. The summed E-state index contributed by atoms with van der Waals surface area (Å²) in [5.74, 6) is 3.44. The van der Waals surface area contributed by atoms with Crippen molar-refractivity contribution in [3.05, 3.63) is 89.5 Å². The zero-order valence-corrected chi connectivity index (χ0v) is 22.2. The van der Waals surface area contributed by atoms with Crippen molar-refractivity contribution in [2.75, 3.05) is 12.4 Å². The van der Waals surface area contributed by atoms with E-state index in [1.807, 2.05) is 18.2 Å². The fourth-order valence-electron chi connectivity index (χ4n) is 5.24. The molecule has 7 heteroatoms. The fourth-order valence-corrected chi connectivity index (χ4v) is 5.24. The summed E-state index contributed by atoms with van der Waals surface area (Å²) in [7, 11) is 1.33. The van der Waals surface area contributed by atoms with Crippen molar-refractivity contribution in [3.8, 4) is 17.2 Å². The number of hydrogen-bond acceptors (Lipinski definition) is 4. The molecule has 0 spiro atoms. The van der Waals surface area contributed by atoms with Gasteiger partial charge in [0.25, 0.3) is 6.71 Å². The number of carbonyl (C=O) groups excluding carboxylic acids is 2. The number of nitriles is 1. The van der Waals surface area contributed by atoms with Crippen LogP contribution in [0.4, 0.5) is 5.69 Å². The standard InChI is InChI=1S/C23H22BN3O3.C9H10/c1-30-23(29)20-9-18(26-14-28)10-22-19(20)11-21(27-22)16-5-2-4-15(8-16)12-24(13-25)17-6-3-7-17;1-2-4-8(5-3-1)9-6-7-9/h2,4-5,8-11,14,17,27H,3,6-7,12H2,1H3,(H,26,28);1-5,9H,6-7H2. The highest BCUT2D eigenvalue weighted by Crippen LogP contribution is 2.39. The van der Waals surface area contributed by atoms with Crippen molar-refractivity contribution in [1.29, 1.82) is 5.26 Å². The van der Waals surface area contributed by atoms with Crippen molar-refractivity contribution in [2.45, 2.75) is 50.2 Å². The van der Waals surface area contributed by atoms with Gasteiger partial charge in [-0.15, -0.1) is 0 Å². The van der Waals surface area contributed by atoms with Gasteiger partial charge in [0.1, 0.15) is 0 Å². The predicted molar refractivity (Wildman–Crippen MR) is 156 cm³/mol. The largest absolute Gasteiger partial charge is 0.465 e. The molecule has 1 heterocycles. The lowest BCUT2D eigenvalue weighted by Gasteiger charge is -2.27. The number of ether oxygens (including phenoxy) is 1. The van der Waals surface area contributed by atoms with E-state index in [0.29, 0.717) is 23.5 Å². The number of fused-ring (bicyclic) bond motifs is 1. The Bertz CT molecular complexity index is 1500. The smallest absolute Gasteiger partial charge is 0.338 e. The van der Waals surface area contributed by atoms with E-state index in [9.17, 15) is 14.9 Å². The van der Waals surface area contributed by atoms with Crippen LogP contribution < -0.4 is 5.32 Å². The Hall–Kier alpha value is -4.31. The fraction of sp³-hybridized carbons (Fsp3) is 0.281. The maximum atomic E-state index is 12.3. The number of amides is 1. The predicted octanol–water partition coefficient (Wildman–Crippen LogP) is 6.95. The molecule has 2 aliphatic carbocycles. The Labute approximate surface area is 229 Å². The Balaban J connectivity index is 0.000000287. The second-order valence-electron chi connectivity index (χ2n) is 10.4. The first-order chi connectivity index (χ1) is 19.1. The van der Waals surface area contributed by atoms with Crippen LogP contribution in [0.2, 0.25) is 5.82 Å². The number of aromatic nitrogens is 1. The van der Waals surface area contributed by atoms with Crippen LogP contribution in [-0.4, -0.2) is 31.2 Å². The van der Waals surface area contributed by atoms with E-state index in [-0.39, 0.29) is 6.71 Å². The van der Waals surface area contributed by atoms with E-state index < -0.39 is 5.97 Å². The molecule has 2 saturated carbocycles. The number of benzene rings is 3. The highest BCUT2D eigenvalue weighted by molar-refractivity contribution is 6.68. The molecule has 196 valence electrons. The summed E-state index contributed by atoms with van der Waals surface area (Å²) in [6, 6.07) is 24.2. The summed E-state index contributed by atoms with van der Waals surface area (Å²) in [6.45, 7) is 0.0552. The van der Waals surface area contributed by atoms with Crippen molar-refractivity contribution < 1.29 is 14.3 Å². The Morgan fingerprint density at radius 3 is 2.51 bits per heavy atom. The molecule has 2 aliphatic rings. The van der Waals surface area contributed by atoms with Gasteiger partial charge in [0.2, 0.25) is 6.41 Å². The van der Waals surface area contributed by atoms with E-state index in [4.69, 9.17) is 4.74 Å². The molecule has 1 amide bonds. The van der Waals surface area contributed by atoms with Crippen molar-refractivity contribution in [1.82, 2.24) is 4.98 Å². The van der Waals surface area contributed by atoms with Gasteiger partial charge in [-0.3, -0.25) is 4.79 Å². The van der Waals surface area contributed by atoms with E-state index in [0.717, 1.165) is 52.8 Å². The third kappa shape index (κ3) is 6.23. The highest BCUT2D eigenvalue weighted by atomic mass is 16.5. The third-order valence-corrected chi connectivity index (χ3v) is 7.80. The first kappa shape index (κ1) is 26.3. The summed E-state index contributed by atoms with van der Waals surface area (Å²) in [6.07, 6.45) is 7.65. The van der Waals surface area contributed by atoms with Crippen LogP contribution in [0.15, 0.2) is 72.8 Å². The molecule has 0 unspecified atom stereocenters. The number of carbonyl (C=O) groups is 2. The maximum absolute atomic E-state index is 12.3. The van der Waals surface area contributed by atoms with Gasteiger partial charge in [-0.05, 0) is 60.2 Å². The first-order valence-electron chi connectivity index (χ1n) is 13.6. The van der Waals surface area contributed by atoms with Gasteiger partial charge in [-0.25, -0.2) is 10.1 Å². The molecule has 6 nitrogen and oxygen atoms in total.